The highest BCUT2D eigenvalue weighted by atomic mass is 16.5. The molecule has 1 aliphatic rings. The average Bonchev–Trinajstić information content (AvgIpc) is 2.53. The molecular formula is C17H22N2O2. The van der Waals surface area contributed by atoms with Crippen molar-refractivity contribution in [2.24, 2.45) is 0 Å². The summed E-state index contributed by atoms with van der Waals surface area (Å²) >= 11 is 0. The van der Waals surface area contributed by atoms with Crippen molar-refractivity contribution in [1.82, 2.24) is 9.88 Å². The van der Waals surface area contributed by atoms with Crippen LogP contribution in [0.25, 0.3) is 10.9 Å². The monoisotopic (exact) mass is 286 g/mol. The van der Waals surface area contributed by atoms with Crippen LogP contribution in [0.15, 0.2) is 36.5 Å². The number of hydrogen-bond acceptors (Lipinski definition) is 4. The number of aromatic nitrogens is 1. The van der Waals surface area contributed by atoms with Gasteiger partial charge in [0.25, 0.3) is 0 Å². The number of nitrogens with zero attached hydrogens (tertiary/aromatic N) is 2. The van der Waals surface area contributed by atoms with Crippen LogP contribution < -0.4 is 4.74 Å². The minimum absolute atomic E-state index is 0.132. The largest absolute Gasteiger partial charge is 0.489 e. The van der Waals surface area contributed by atoms with Crippen molar-refractivity contribution in [2.45, 2.75) is 26.0 Å². The Kier molecular flexibility index (Phi) is 4.36. The molecule has 2 heterocycles. The first-order chi connectivity index (χ1) is 10.2. The Morgan fingerprint density at radius 1 is 1.38 bits per heavy atom. The first-order valence-corrected chi connectivity index (χ1v) is 7.55. The minimum atomic E-state index is 0.132. The predicted molar refractivity (Wildman–Crippen MR) is 83.7 cm³/mol. The zero-order valence-corrected chi connectivity index (χ0v) is 12.7. The maximum atomic E-state index is 5.87. The molecule has 21 heavy (non-hydrogen) atoms. The van der Waals surface area contributed by atoms with Gasteiger partial charge in [0.15, 0.2) is 0 Å². The highest BCUT2D eigenvalue weighted by Gasteiger charge is 2.22. The SMILES string of the molecule is CC(C)N1CCOC(COc2cnc3ccccc3c2)C1. The summed E-state index contributed by atoms with van der Waals surface area (Å²) in [6, 6.07) is 10.6. The van der Waals surface area contributed by atoms with Gasteiger partial charge in [0, 0.05) is 24.5 Å². The van der Waals surface area contributed by atoms with Crippen LogP contribution in [0.2, 0.25) is 0 Å². The quantitative estimate of drug-likeness (QED) is 0.865. The molecule has 4 nitrogen and oxygen atoms in total. The Hall–Kier alpha value is -1.65. The third-order valence-corrected chi connectivity index (χ3v) is 3.90. The van der Waals surface area contributed by atoms with Gasteiger partial charge in [-0.05, 0) is 26.0 Å². The second-order valence-corrected chi connectivity index (χ2v) is 5.76. The van der Waals surface area contributed by atoms with Gasteiger partial charge in [-0.1, -0.05) is 18.2 Å². The predicted octanol–water partition coefficient (Wildman–Crippen LogP) is 2.72. The second kappa shape index (κ2) is 6.41. The van der Waals surface area contributed by atoms with E-state index in [4.69, 9.17) is 9.47 Å². The maximum absolute atomic E-state index is 5.87. The molecule has 0 N–H and O–H groups in total. The highest BCUT2D eigenvalue weighted by Crippen LogP contribution is 2.18. The summed E-state index contributed by atoms with van der Waals surface area (Å²) in [5, 5.41) is 1.10. The van der Waals surface area contributed by atoms with Crippen LogP contribution in [0.4, 0.5) is 0 Å². The Labute approximate surface area is 125 Å². The third kappa shape index (κ3) is 3.52. The van der Waals surface area contributed by atoms with Crippen LogP contribution in [0.5, 0.6) is 5.75 Å². The van der Waals surface area contributed by atoms with Crippen LogP contribution in [-0.2, 0) is 4.74 Å². The van der Waals surface area contributed by atoms with Crippen LogP contribution in [-0.4, -0.2) is 48.3 Å². The Bertz CT molecular complexity index is 600. The zero-order chi connectivity index (χ0) is 14.7. The second-order valence-electron chi connectivity index (χ2n) is 5.76. The van der Waals surface area contributed by atoms with E-state index < -0.39 is 0 Å². The lowest BCUT2D eigenvalue weighted by molar-refractivity contribution is -0.0564. The first-order valence-electron chi connectivity index (χ1n) is 7.55. The molecule has 0 aliphatic carbocycles. The summed E-state index contributed by atoms with van der Waals surface area (Å²) in [4.78, 5) is 6.84. The molecule has 1 unspecified atom stereocenters. The molecule has 0 spiro atoms. The van der Waals surface area contributed by atoms with Crippen molar-refractivity contribution >= 4 is 10.9 Å². The molecule has 4 heteroatoms. The van der Waals surface area contributed by atoms with Crippen molar-refractivity contribution in [3.05, 3.63) is 36.5 Å². The van der Waals surface area contributed by atoms with Crippen LogP contribution in [0.3, 0.4) is 0 Å². The van der Waals surface area contributed by atoms with E-state index >= 15 is 0 Å². The normalized spacial score (nSPS) is 20.0. The van der Waals surface area contributed by atoms with E-state index in [-0.39, 0.29) is 6.10 Å². The molecular weight excluding hydrogens is 264 g/mol. The maximum Gasteiger partial charge on any atom is 0.138 e. The number of fused-ring (bicyclic) bond motifs is 1. The van der Waals surface area contributed by atoms with Crippen molar-refractivity contribution in [2.75, 3.05) is 26.3 Å². The molecule has 1 aromatic carbocycles. The number of morpholine rings is 1. The number of para-hydroxylation sites is 1. The van der Waals surface area contributed by atoms with Gasteiger partial charge in [0.1, 0.15) is 18.5 Å². The molecule has 0 bridgehead atoms. The topological polar surface area (TPSA) is 34.6 Å². The lowest BCUT2D eigenvalue weighted by Gasteiger charge is -2.35. The van der Waals surface area contributed by atoms with Gasteiger partial charge in [-0.2, -0.15) is 0 Å². The Balaban J connectivity index is 1.61. The van der Waals surface area contributed by atoms with Gasteiger partial charge in [0.2, 0.25) is 0 Å². The highest BCUT2D eigenvalue weighted by molar-refractivity contribution is 5.79. The van der Waals surface area contributed by atoms with E-state index in [1.807, 2.05) is 30.3 Å². The molecule has 1 saturated heterocycles. The fourth-order valence-corrected chi connectivity index (χ4v) is 2.63. The van der Waals surface area contributed by atoms with Gasteiger partial charge in [-0.3, -0.25) is 9.88 Å². The van der Waals surface area contributed by atoms with Gasteiger partial charge in [-0.25, -0.2) is 0 Å². The van der Waals surface area contributed by atoms with Crippen molar-refractivity contribution in [1.29, 1.82) is 0 Å². The first kappa shape index (κ1) is 14.3. The van der Waals surface area contributed by atoms with Gasteiger partial charge >= 0.3 is 0 Å². The van der Waals surface area contributed by atoms with E-state index in [2.05, 4.69) is 23.7 Å². The fraction of sp³-hybridized carbons (Fsp3) is 0.471. The van der Waals surface area contributed by atoms with Crippen molar-refractivity contribution < 1.29 is 9.47 Å². The van der Waals surface area contributed by atoms with Crippen molar-refractivity contribution in [3.8, 4) is 5.75 Å². The minimum Gasteiger partial charge on any atom is -0.489 e. The lowest BCUT2D eigenvalue weighted by Crippen LogP contribution is -2.47. The number of benzene rings is 1. The molecule has 1 aromatic heterocycles. The molecule has 0 amide bonds. The molecule has 1 aliphatic heterocycles. The summed E-state index contributed by atoms with van der Waals surface area (Å²) < 4.78 is 11.6. The Morgan fingerprint density at radius 3 is 3.10 bits per heavy atom. The molecule has 3 rings (SSSR count). The van der Waals surface area contributed by atoms with E-state index in [1.54, 1.807) is 6.20 Å². The average molecular weight is 286 g/mol. The summed E-state index contributed by atoms with van der Waals surface area (Å²) in [6.07, 6.45) is 1.92. The van der Waals surface area contributed by atoms with Gasteiger partial charge in [-0.15, -0.1) is 0 Å². The lowest BCUT2D eigenvalue weighted by atomic mass is 10.2. The number of hydrogen-bond donors (Lipinski definition) is 0. The summed E-state index contributed by atoms with van der Waals surface area (Å²) in [5.41, 5.74) is 0.991. The summed E-state index contributed by atoms with van der Waals surface area (Å²) in [6.45, 7) is 7.72. The zero-order valence-electron chi connectivity index (χ0n) is 12.7. The third-order valence-electron chi connectivity index (χ3n) is 3.90. The molecule has 2 aromatic rings. The number of rotatable bonds is 4. The van der Waals surface area contributed by atoms with Crippen LogP contribution in [0.1, 0.15) is 13.8 Å². The van der Waals surface area contributed by atoms with Crippen LogP contribution in [0, 0.1) is 0 Å². The van der Waals surface area contributed by atoms with Crippen molar-refractivity contribution in [3.63, 3.8) is 0 Å². The molecule has 1 fully saturated rings. The van der Waals surface area contributed by atoms with Gasteiger partial charge < -0.3 is 9.47 Å². The van der Waals surface area contributed by atoms with Crippen LogP contribution >= 0.6 is 0 Å². The number of ether oxygens (including phenoxy) is 2. The number of pyridine rings is 1. The molecule has 0 radical (unpaired) electrons. The van der Waals surface area contributed by atoms with E-state index in [0.717, 1.165) is 36.3 Å². The van der Waals surface area contributed by atoms with Gasteiger partial charge in [0.05, 0.1) is 18.3 Å². The summed E-state index contributed by atoms with van der Waals surface area (Å²) in [5.74, 6) is 0.805. The Morgan fingerprint density at radius 2 is 2.24 bits per heavy atom. The smallest absolute Gasteiger partial charge is 0.138 e. The molecule has 1 atom stereocenters. The van der Waals surface area contributed by atoms with E-state index in [1.165, 1.54) is 0 Å². The van der Waals surface area contributed by atoms with E-state index in [9.17, 15) is 0 Å². The molecule has 0 saturated carbocycles. The molecule has 112 valence electrons. The van der Waals surface area contributed by atoms with E-state index in [0.29, 0.717) is 12.6 Å². The summed E-state index contributed by atoms with van der Waals surface area (Å²) in [7, 11) is 0. The fourth-order valence-electron chi connectivity index (χ4n) is 2.63. The standard InChI is InChI=1S/C17H22N2O2/c1-13(2)19-7-8-20-16(11-19)12-21-15-9-14-5-3-4-6-17(14)18-10-15/h3-6,9-10,13,16H,7-8,11-12H2,1-2H3.